The van der Waals surface area contributed by atoms with Crippen LogP contribution in [0.1, 0.15) is 50.1 Å². The molecule has 6 rings (SSSR count). The molecule has 5 aliphatic heterocycles. The fraction of sp³-hybridized carbons (Fsp3) is 0.611. The summed E-state index contributed by atoms with van der Waals surface area (Å²) in [6, 6.07) is 7.77. The van der Waals surface area contributed by atoms with Gasteiger partial charge in [0.25, 0.3) is 0 Å². The third kappa shape index (κ3) is 7.22. The zero-order valence-electron chi connectivity index (χ0n) is 27.5. The van der Waals surface area contributed by atoms with Crippen LogP contribution in [-0.4, -0.2) is 127 Å². The maximum atomic E-state index is 14.6. The summed E-state index contributed by atoms with van der Waals surface area (Å²) in [6.45, 7) is 4.93. The van der Waals surface area contributed by atoms with Gasteiger partial charge in [0.1, 0.15) is 18.2 Å². The summed E-state index contributed by atoms with van der Waals surface area (Å²) in [5.41, 5.74) is -0.560. The third-order valence-electron chi connectivity index (χ3n) is 10.2. The Labute approximate surface area is 282 Å². The Bertz CT molecular complexity index is 1360. The number of hydrogen-bond donors (Lipinski definition) is 2. The molecule has 0 saturated carbocycles. The van der Waals surface area contributed by atoms with E-state index in [0.717, 1.165) is 31.5 Å². The van der Waals surface area contributed by atoms with Gasteiger partial charge in [0, 0.05) is 52.3 Å². The number of rotatable bonds is 10. The number of morpholine rings is 1. The minimum absolute atomic E-state index is 0.0423. The van der Waals surface area contributed by atoms with Crippen LogP contribution in [-0.2, 0) is 33.4 Å². The number of aliphatic hydroxyl groups excluding tert-OH is 1. The molecule has 1 spiro atoms. The van der Waals surface area contributed by atoms with Gasteiger partial charge in [-0.05, 0) is 24.8 Å². The lowest BCUT2D eigenvalue weighted by Crippen LogP contribution is -2.56. The van der Waals surface area contributed by atoms with E-state index in [9.17, 15) is 24.3 Å². The van der Waals surface area contributed by atoms with Gasteiger partial charge in [0.2, 0.25) is 17.7 Å². The molecule has 1 aromatic rings. The number of benzene rings is 1. The molecule has 5 heterocycles. The highest BCUT2D eigenvalue weighted by atomic mass is 16.5. The van der Waals surface area contributed by atoms with Crippen molar-refractivity contribution in [1.82, 2.24) is 20.0 Å². The van der Waals surface area contributed by atoms with E-state index >= 15 is 0 Å². The number of carbonyl (C=O) groups is 4. The number of fused-ring (bicyclic) bond motifs is 2. The molecule has 0 aliphatic carbocycles. The Hall–Kier alpha value is -3.58. The normalized spacial score (nSPS) is 32.0. The molecule has 48 heavy (non-hydrogen) atoms. The van der Waals surface area contributed by atoms with Gasteiger partial charge in [-0.2, -0.15) is 0 Å². The number of ether oxygens (including phenoxy) is 3. The number of carbonyl (C=O) groups excluding carboxylic acids is 4. The Morgan fingerprint density at radius 3 is 2.50 bits per heavy atom. The lowest BCUT2D eigenvalue weighted by molar-refractivity contribution is -0.148. The lowest BCUT2D eigenvalue weighted by atomic mass is 9.77. The molecule has 0 bridgehead atoms. The van der Waals surface area contributed by atoms with E-state index in [1.165, 1.54) is 0 Å². The average molecular weight is 665 g/mol. The largest absolute Gasteiger partial charge is 0.463 e. The Morgan fingerprint density at radius 2 is 1.71 bits per heavy atom. The SMILES string of the molecule is O=C1CC/C=C\[C@H]2O[C@]34C=CCN(CCN5CCOCC5)C(=O)[C@H]3N(CCCCCCO)C(=O)[C@@H]4[C@H]2C(=O)N[C@H](c2ccccc2)CO1. The smallest absolute Gasteiger partial charge is 0.306 e. The number of nitrogens with one attached hydrogen (secondary N) is 1. The Kier molecular flexibility index (Phi) is 11.3. The predicted molar refractivity (Wildman–Crippen MR) is 175 cm³/mol. The van der Waals surface area contributed by atoms with Gasteiger partial charge in [0.05, 0.1) is 37.2 Å². The number of aliphatic hydroxyl groups is 1. The van der Waals surface area contributed by atoms with Crippen molar-refractivity contribution in [3.8, 4) is 0 Å². The first-order valence-corrected chi connectivity index (χ1v) is 17.5. The number of cyclic esters (lactones) is 1. The second-order valence-electron chi connectivity index (χ2n) is 13.3. The second kappa shape index (κ2) is 15.8. The second-order valence-corrected chi connectivity index (χ2v) is 13.3. The van der Waals surface area contributed by atoms with Crippen LogP contribution in [0.3, 0.4) is 0 Å². The van der Waals surface area contributed by atoms with Gasteiger partial charge < -0.3 is 34.4 Å². The summed E-state index contributed by atoms with van der Waals surface area (Å²) in [5, 5.41) is 12.3. The highest BCUT2D eigenvalue weighted by Crippen LogP contribution is 2.53. The van der Waals surface area contributed by atoms with E-state index in [-0.39, 0.29) is 43.3 Å². The van der Waals surface area contributed by atoms with E-state index in [2.05, 4.69) is 10.2 Å². The van der Waals surface area contributed by atoms with E-state index < -0.39 is 35.6 Å². The van der Waals surface area contributed by atoms with Crippen LogP contribution in [0.25, 0.3) is 0 Å². The number of unbranched alkanes of at least 4 members (excludes halogenated alkanes) is 3. The summed E-state index contributed by atoms with van der Waals surface area (Å²) in [7, 11) is 0. The summed E-state index contributed by atoms with van der Waals surface area (Å²) < 4.78 is 17.9. The summed E-state index contributed by atoms with van der Waals surface area (Å²) in [5.74, 6) is -3.02. The van der Waals surface area contributed by atoms with Crippen molar-refractivity contribution < 1.29 is 38.5 Å². The van der Waals surface area contributed by atoms with Crippen molar-refractivity contribution in [2.75, 3.05) is 65.7 Å². The van der Waals surface area contributed by atoms with Gasteiger partial charge in [-0.15, -0.1) is 0 Å². The molecule has 0 radical (unpaired) electrons. The number of allylic oxidation sites excluding steroid dienone is 1. The highest BCUT2D eigenvalue weighted by Gasteiger charge is 2.71. The van der Waals surface area contributed by atoms with E-state index in [4.69, 9.17) is 14.2 Å². The summed E-state index contributed by atoms with van der Waals surface area (Å²) >= 11 is 0. The monoisotopic (exact) mass is 664 g/mol. The van der Waals surface area contributed by atoms with Crippen molar-refractivity contribution >= 4 is 23.7 Å². The number of amides is 3. The van der Waals surface area contributed by atoms with Crippen molar-refractivity contribution in [1.29, 1.82) is 0 Å². The van der Waals surface area contributed by atoms with Crippen LogP contribution in [0.5, 0.6) is 0 Å². The predicted octanol–water partition coefficient (Wildman–Crippen LogP) is 1.60. The van der Waals surface area contributed by atoms with E-state index in [1.807, 2.05) is 42.5 Å². The van der Waals surface area contributed by atoms with Crippen molar-refractivity contribution in [3.05, 3.63) is 60.2 Å². The molecule has 6 atom stereocenters. The molecular formula is C36H48N4O8. The Morgan fingerprint density at radius 1 is 0.917 bits per heavy atom. The molecule has 3 saturated heterocycles. The molecule has 3 amide bonds. The zero-order valence-corrected chi connectivity index (χ0v) is 27.5. The molecule has 1 aromatic carbocycles. The minimum Gasteiger partial charge on any atom is -0.463 e. The van der Waals surface area contributed by atoms with Crippen LogP contribution >= 0.6 is 0 Å². The third-order valence-corrected chi connectivity index (χ3v) is 10.2. The number of likely N-dealkylation sites (tertiary alicyclic amines) is 1. The molecule has 2 N–H and O–H groups in total. The van der Waals surface area contributed by atoms with Crippen LogP contribution in [0.15, 0.2) is 54.6 Å². The molecule has 260 valence electrons. The van der Waals surface area contributed by atoms with Crippen molar-refractivity contribution in [2.24, 2.45) is 11.8 Å². The van der Waals surface area contributed by atoms with Crippen LogP contribution in [0.2, 0.25) is 0 Å². The first-order valence-electron chi connectivity index (χ1n) is 17.5. The molecular weight excluding hydrogens is 616 g/mol. The fourth-order valence-electron chi connectivity index (χ4n) is 7.76. The van der Waals surface area contributed by atoms with Crippen LogP contribution in [0, 0.1) is 11.8 Å². The molecule has 12 nitrogen and oxygen atoms in total. The highest BCUT2D eigenvalue weighted by molar-refractivity contribution is 5.99. The maximum Gasteiger partial charge on any atom is 0.306 e. The quantitative estimate of drug-likeness (QED) is 0.217. The van der Waals surface area contributed by atoms with E-state index in [0.29, 0.717) is 58.7 Å². The first kappa shape index (κ1) is 34.3. The molecule has 0 unspecified atom stereocenters. The Balaban J connectivity index is 1.32. The average Bonchev–Trinajstić information content (AvgIpc) is 3.49. The topological polar surface area (TPSA) is 138 Å². The molecule has 5 aliphatic rings. The molecule has 0 aromatic heterocycles. The standard InChI is InChI=1S/C36H48N4O8/c41-22-9-2-1-8-17-40-32-35(45)39(19-18-38-20-23-46-24-21-38)16-10-15-36(32)31(34(40)44)30-28(48-36)13-6-7-14-29(42)47-25-27(37-33(30)43)26-11-4-3-5-12-26/h3-6,10-13,15,27-28,30-32,41H,1-2,7-9,14,16-25H2,(H,37,43)/b13-6-/t27-,28+,30-,31-,32+,36-/m0/s1. The van der Waals surface area contributed by atoms with Crippen molar-refractivity contribution in [3.63, 3.8) is 0 Å². The lowest BCUT2D eigenvalue weighted by Gasteiger charge is -2.36. The maximum absolute atomic E-state index is 14.6. The van der Waals surface area contributed by atoms with Gasteiger partial charge in [0.15, 0.2) is 0 Å². The summed E-state index contributed by atoms with van der Waals surface area (Å²) in [6.07, 6.45) is 10.1. The molecule has 12 heteroatoms. The van der Waals surface area contributed by atoms with Crippen LogP contribution < -0.4 is 5.32 Å². The van der Waals surface area contributed by atoms with Gasteiger partial charge in [-0.1, -0.05) is 67.5 Å². The first-order chi connectivity index (χ1) is 23.4. The zero-order chi connectivity index (χ0) is 33.5. The number of nitrogens with zero attached hydrogens (tertiary/aromatic N) is 3. The van der Waals surface area contributed by atoms with Gasteiger partial charge >= 0.3 is 5.97 Å². The number of hydrogen-bond acceptors (Lipinski definition) is 9. The van der Waals surface area contributed by atoms with Crippen LogP contribution in [0.4, 0.5) is 0 Å². The van der Waals surface area contributed by atoms with E-state index in [1.54, 1.807) is 22.0 Å². The number of esters is 1. The minimum atomic E-state index is -1.33. The molecule has 3 fully saturated rings. The van der Waals surface area contributed by atoms with Gasteiger partial charge in [-0.25, -0.2) is 0 Å². The van der Waals surface area contributed by atoms with Gasteiger partial charge in [-0.3, -0.25) is 24.1 Å². The summed E-state index contributed by atoms with van der Waals surface area (Å²) in [4.78, 5) is 61.8. The fourth-order valence-corrected chi connectivity index (χ4v) is 7.76. The van der Waals surface area contributed by atoms with Crippen molar-refractivity contribution in [2.45, 2.75) is 62.3 Å².